The van der Waals surface area contributed by atoms with Crippen molar-refractivity contribution in [2.75, 3.05) is 39.8 Å². The standard InChI is InChI=1S/C12H20N4S/c1-14-5-7-15(8-6-14)9-10-16-4-2-3-11(16)12(13)17/h2-4H,5-10H2,1H3,(H2,13,17). The third kappa shape index (κ3) is 3.28. The molecule has 0 aliphatic carbocycles. The highest BCUT2D eigenvalue weighted by atomic mass is 32.1. The summed E-state index contributed by atoms with van der Waals surface area (Å²) in [6.07, 6.45) is 2.05. The zero-order chi connectivity index (χ0) is 12.3. The number of aromatic nitrogens is 1. The first kappa shape index (κ1) is 12.5. The largest absolute Gasteiger partial charge is 0.388 e. The lowest BCUT2D eigenvalue weighted by Gasteiger charge is -2.32. The molecule has 1 aromatic rings. The van der Waals surface area contributed by atoms with Gasteiger partial charge in [-0.2, -0.15) is 0 Å². The lowest BCUT2D eigenvalue weighted by Crippen LogP contribution is -2.45. The van der Waals surface area contributed by atoms with Gasteiger partial charge >= 0.3 is 0 Å². The van der Waals surface area contributed by atoms with Crippen molar-refractivity contribution in [3.8, 4) is 0 Å². The van der Waals surface area contributed by atoms with Crippen LogP contribution in [0, 0.1) is 0 Å². The van der Waals surface area contributed by atoms with E-state index in [-0.39, 0.29) is 0 Å². The van der Waals surface area contributed by atoms with E-state index in [2.05, 4.69) is 21.4 Å². The summed E-state index contributed by atoms with van der Waals surface area (Å²) >= 11 is 5.03. The highest BCUT2D eigenvalue weighted by Crippen LogP contribution is 2.04. The maximum absolute atomic E-state index is 5.68. The fraction of sp³-hybridized carbons (Fsp3) is 0.583. The predicted octanol–water partition coefficient (Wildman–Crippen LogP) is 0.370. The molecule has 2 N–H and O–H groups in total. The highest BCUT2D eigenvalue weighted by Gasteiger charge is 2.13. The molecular weight excluding hydrogens is 232 g/mol. The van der Waals surface area contributed by atoms with E-state index in [4.69, 9.17) is 18.0 Å². The Morgan fingerprint density at radius 2 is 2.00 bits per heavy atom. The number of likely N-dealkylation sites (N-methyl/N-ethyl adjacent to an activating group) is 1. The minimum absolute atomic E-state index is 0.480. The number of nitrogens with two attached hydrogens (primary N) is 1. The van der Waals surface area contributed by atoms with Gasteiger partial charge in [0.15, 0.2) is 0 Å². The van der Waals surface area contributed by atoms with Gasteiger partial charge in [0.05, 0.1) is 5.69 Å². The Kier molecular flexibility index (Phi) is 4.15. The molecule has 0 amide bonds. The summed E-state index contributed by atoms with van der Waals surface area (Å²) < 4.78 is 2.14. The molecule has 0 spiro atoms. The Morgan fingerprint density at radius 3 is 2.65 bits per heavy atom. The minimum Gasteiger partial charge on any atom is -0.388 e. The molecule has 1 aliphatic heterocycles. The smallest absolute Gasteiger partial charge is 0.120 e. The SMILES string of the molecule is CN1CCN(CCn2cccc2C(N)=S)CC1. The van der Waals surface area contributed by atoms with E-state index >= 15 is 0 Å². The number of hydrogen-bond donors (Lipinski definition) is 1. The molecule has 17 heavy (non-hydrogen) atoms. The molecule has 94 valence electrons. The van der Waals surface area contributed by atoms with Crippen molar-refractivity contribution in [3.05, 3.63) is 24.0 Å². The summed E-state index contributed by atoms with van der Waals surface area (Å²) in [5.41, 5.74) is 6.64. The second-order valence-electron chi connectivity index (χ2n) is 4.60. The Balaban J connectivity index is 1.85. The first-order chi connectivity index (χ1) is 8.16. The van der Waals surface area contributed by atoms with Gasteiger partial charge in [-0.15, -0.1) is 0 Å². The molecule has 2 rings (SSSR count). The van der Waals surface area contributed by atoms with E-state index < -0.39 is 0 Å². The van der Waals surface area contributed by atoms with Gasteiger partial charge in [0.2, 0.25) is 0 Å². The third-order valence-electron chi connectivity index (χ3n) is 3.34. The first-order valence-electron chi connectivity index (χ1n) is 6.02. The Labute approximate surface area is 108 Å². The summed E-state index contributed by atoms with van der Waals surface area (Å²) in [6, 6.07) is 3.98. The average Bonchev–Trinajstić information content (AvgIpc) is 2.76. The molecule has 5 heteroatoms. The molecule has 1 aliphatic rings. The van der Waals surface area contributed by atoms with Crippen molar-refractivity contribution in [2.24, 2.45) is 5.73 Å². The summed E-state index contributed by atoms with van der Waals surface area (Å²) in [5.74, 6) is 0. The fourth-order valence-electron chi connectivity index (χ4n) is 2.15. The van der Waals surface area contributed by atoms with Crippen LogP contribution in [0.5, 0.6) is 0 Å². The van der Waals surface area contributed by atoms with Crippen LogP contribution in [-0.4, -0.2) is 59.1 Å². The van der Waals surface area contributed by atoms with Crippen LogP contribution in [0.25, 0.3) is 0 Å². The van der Waals surface area contributed by atoms with Gasteiger partial charge < -0.3 is 15.2 Å². The van der Waals surface area contributed by atoms with E-state index in [1.54, 1.807) is 0 Å². The van der Waals surface area contributed by atoms with Crippen molar-refractivity contribution in [1.29, 1.82) is 0 Å². The Hall–Kier alpha value is -0.910. The van der Waals surface area contributed by atoms with Crippen LogP contribution in [0.2, 0.25) is 0 Å². The number of thiocarbonyl (C=S) groups is 1. The molecule has 2 heterocycles. The summed E-state index contributed by atoms with van der Waals surface area (Å²) in [7, 11) is 2.17. The van der Waals surface area contributed by atoms with Crippen LogP contribution >= 0.6 is 12.2 Å². The summed E-state index contributed by atoms with van der Waals surface area (Å²) in [6.45, 7) is 6.66. The van der Waals surface area contributed by atoms with E-state index in [1.807, 2.05) is 18.3 Å². The van der Waals surface area contributed by atoms with Gasteiger partial charge in [0, 0.05) is 45.5 Å². The summed E-state index contributed by atoms with van der Waals surface area (Å²) in [4.78, 5) is 5.34. The molecule has 1 aromatic heterocycles. The number of hydrogen-bond acceptors (Lipinski definition) is 3. The molecule has 1 saturated heterocycles. The average molecular weight is 252 g/mol. The van der Waals surface area contributed by atoms with Crippen LogP contribution in [0.15, 0.2) is 18.3 Å². The molecule has 0 radical (unpaired) electrons. The van der Waals surface area contributed by atoms with E-state index in [1.165, 1.54) is 0 Å². The van der Waals surface area contributed by atoms with Crippen molar-refractivity contribution >= 4 is 17.2 Å². The van der Waals surface area contributed by atoms with Gasteiger partial charge in [-0.25, -0.2) is 0 Å². The van der Waals surface area contributed by atoms with Crippen molar-refractivity contribution in [3.63, 3.8) is 0 Å². The molecule has 0 aromatic carbocycles. The van der Waals surface area contributed by atoms with Crippen LogP contribution in [0.1, 0.15) is 5.69 Å². The second kappa shape index (κ2) is 5.62. The molecular formula is C12H20N4S. The molecule has 0 bridgehead atoms. The van der Waals surface area contributed by atoms with E-state index in [0.717, 1.165) is 45.0 Å². The van der Waals surface area contributed by atoms with Gasteiger partial charge in [-0.1, -0.05) is 12.2 Å². The zero-order valence-corrected chi connectivity index (χ0v) is 11.1. The minimum atomic E-state index is 0.480. The van der Waals surface area contributed by atoms with Gasteiger partial charge in [0.1, 0.15) is 4.99 Å². The van der Waals surface area contributed by atoms with E-state index in [9.17, 15) is 0 Å². The van der Waals surface area contributed by atoms with E-state index in [0.29, 0.717) is 4.99 Å². The lowest BCUT2D eigenvalue weighted by molar-refractivity contribution is 0.150. The monoisotopic (exact) mass is 252 g/mol. The fourth-order valence-corrected chi connectivity index (χ4v) is 2.34. The number of piperazine rings is 1. The third-order valence-corrected chi connectivity index (χ3v) is 3.54. The maximum Gasteiger partial charge on any atom is 0.120 e. The number of rotatable bonds is 4. The van der Waals surface area contributed by atoms with Gasteiger partial charge in [0.25, 0.3) is 0 Å². The Morgan fingerprint density at radius 1 is 1.29 bits per heavy atom. The number of nitrogens with zero attached hydrogens (tertiary/aromatic N) is 3. The topological polar surface area (TPSA) is 37.4 Å². The van der Waals surface area contributed by atoms with Crippen LogP contribution in [0.3, 0.4) is 0 Å². The zero-order valence-electron chi connectivity index (χ0n) is 10.3. The quantitative estimate of drug-likeness (QED) is 0.786. The first-order valence-corrected chi connectivity index (χ1v) is 6.43. The molecule has 0 atom stereocenters. The predicted molar refractivity (Wildman–Crippen MR) is 74.3 cm³/mol. The molecule has 4 nitrogen and oxygen atoms in total. The maximum atomic E-state index is 5.68. The Bertz CT molecular complexity index is 380. The highest BCUT2D eigenvalue weighted by molar-refractivity contribution is 7.80. The van der Waals surface area contributed by atoms with Crippen molar-refractivity contribution in [1.82, 2.24) is 14.4 Å². The van der Waals surface area contributed by atoms with Crippen molar-refractivity contribution < 1.29 is 0 Å². The van der Waals surface area contributed by atoms with Crippen molar-refractivity contribution in [2.45, 2.75) is 6.54 Å². The van der Waals surface area contributed by atoms with Crippen LogP contribution in [0.4, 0.5) is 0 Å². The normalized spacial score (nSPS) is 18.4. The molecule has 0 saturated carbocycles. The van der Waals surface area contributed by atoms with Gasteiger partial charge in [-0.3, -0.25) is 4.90 Å². The van der Waals surface area contributed by atoms with Crippen LogP contribution < -0.4 is 5.73 Å². The second-order valence-corrected chi connectivity index (χ2v) is 5.04. The van der Waals surface area contributed by atoms with Crippen LogP contribution in [-0.2, 0) is 6.54 Å². The van der Waals surface area contributed by atoms with Gasteiger partial charge in [-0.05, 0) is 19.2 Å². The summed E-state index contributed by atoms with van der Waals surface area (Å²) in [5, 5.41) is 0. The lowest BCUT2D eigenvalue weighted by atomic mass is 10.3. The molecule has 1 fully saturated rings. The molecule has 0 unspecified atom stereocenters.